The third-order valence-electron chi connectivity index (χ3n) is 6.05. The molecule has 0 heterocycles. The number of nitrogens with zero attached hydrogens (tertiary/aromatic N) is 1. The van der Waals surface area contributed by atoms with E-state index in [2.05, 4.69) is 72.1 Å². The van der Waals surface area contributed by atoms with Crippen LogP contribution in [-0.2, 0) is 23.4 Å². The van der Waals surface area contributed by atoms with E-state index < -0.39 is 26.4 Å². The molecule has 168 valence electrons. The predicted molar refractivity (Wildman–Crippen MR) is 127 cm³/mol. The van der Waals surface area contributed by atoms with Gasteiger partial charge in [0.05, 0.1) is 9.73 Å². The highest BCUT2D eigenvalue weighted by molar-refractivity contribution is 7.93. The highest BCUT2D eigenvalue weighted by Gasteiger charge is 2.37. The van der Waals surface area contributed by atoms with Crippen LogP contribution in [0.4, 0.5) is 0 Å². The predicted octanol–water partition coefficient (Wildman–Crippen LogP) is 5.82. The lowest BCUT2D eigenvalue weighted by Crippen LogP contribution is -2.41. The molecule has 8 heteroatoms. The van der Waals surface area contributed by atoms with Gasteiger partial charge in [0.1, 0.15) is 0 Å². The van der Waals surface area contributed by atoms with Crippen LogP contribution in [0.2, 0.25) is 36.3 Å². The van der Waals surface area contributed by atoms with Gasteiger partial charge in [-0.1, -0.05) is 41.5 Å². The van der Waals surface area contributed by atoms with Crippen molar-refractivity contribution in [3.8, 4) is 0 Å². The van der Waals surface area contributed by atoms with E-state index >= 15 is 0 Å². The Morgan fingerprint density at radius 2 is 1.14 bits per heavy atom. The first-order chi connectivity index (χ1) is 12.3. The third kappa shape index (κ3) is 9.65. The van der Waals surface area contributed by atoms with Gasteiger partial charge in [-0.3, -0.25) is 4.79 Å². The Hall–Kier alpha value is -0.0262. The van der Waals surface area contributed by atoms with Crippen molar-refractivity contribution in [1.29, 1.82) is 0 Å². The van der Waals surface area contributed by atoms with Crippen LogP contribution < -0.4 is 0 Å². The molecule has 0 aromatic heterocycles. The van der Waals surface area contributed by atoms with Crippen LogP contribution in [0.15, 0.2) is 4.36 Å². The maximum Gasteiger partial charge on any atom is 0.250 e. The fraction of sp³-hybridized carbons (Fsp3) is 0.950. The Morgan fingerprint density at radius 3 is 1.39 bits per heavy atom. The molecule has 0 aliphatic heterocycles. The number of carbonyl (C=O) groups excluding carboxylic acids is 1. The van der Waals surface area contributed by atoms with Gasteiger partial charge in [-0.2, -0.15) is 4.36 Å². The van der Waals surface area contributed by atoms with E-state index in [9.17, 15) is 9.00 Å². The minimum atomic E-state index is -2.55. The summed E-state index contributed by atoms with van der Waals surface area (Å²) in [6.07, 6.45) is 1.32. The topological polar surface area (TPSA) is 65.0 Å². The quantitative estimate of drug-likeness (QED) is 0.310. The van der Waals surface area contributed by atoms with Crippen molar-refractivity contribution in [2.45, 2.75) is 97.6 Å². The van der Waals surface area contributed by atoms with E-state index in [1.54, 1.807) is 0 Å². The minimum absolute atomic E-state index is 0.152. The Labute approximate surface area is 176 Å². The average molecular weight is 452 g/mol. The molecule has 0 aromatic rings. The molecule has 0 aliphatic carbocycles. The molecule has 0 atom stereocenters. The number of hydrogen-bond donors (Lipinski definition) is 0. The summed E-state index contributed by atoms with van der Waals surface area (Å²) in [7, 11) is -6.17. The molecule has 5 nitrogen and oxygen atoms in total. The fourth-order valence-electron chi connectivity index (χ4n) is 2.08. The second kappa shape index (κ2) is 10.3. The summed E-state index contributed by atoms with van der Waals surface area (Å²) in [5.41, 5.74) is 0. The van der Waals surface area contributed by atoms with Crippen LogP contribution in [0, 0.1) is 0 Å². The second-order valence-corrected chi connectivity index (χ2v) is 22.9. The van der Waals surface area contributed by atoms with Gasteiger partial charge in [-0.15, -0.1) is 0 Å². The standard InChI is InChI=1S/C20H45NO4SSi2/c1-18(22)21-26(23,16-12-14-24-27(8,9)19(2,3)4)17-13-15-25-28(10,11)20(5,6)7/h12-17H2,1-11H3. The maximum absolute atomic E-state index is 13.2. The van der Waals surface area contributed by atoms with Gasteiger partial charge in [-0.05, 0) is 49.1 Å². The van der Waals surface area contributed by atoms with Crippen molar-refractivity contribution >= 4 is 32.3 Å². The fourth-order valence-corrected chi connectivity index (χ4v) is 6.25. The van der Waals surface area contributed by atoms with Crippen molar-refractivity contribution in [2.75, 3.05) is 24.7 Å². The summed E-state index contributed by atoms with van der Waals surface area (Å²) >= 11 is 0. The van der Waals surface area contributed by atoms with E-state index in [0.717, 1.165) is 0 Å². The van der Waals surface area contributed by atoms with Gasteiger partial charge in [0, 0.05) is 31.6 Å². The molecule has 0 N–H and O–H groups in total. The Morgan fingerprint density at radius 1 is 0.821 bits per heavy atom. The molecule has 0 unspecified atom stereocenters. The molecule has 0 saturated carbocycles. The van der Waals surface area contributed by atoms with Crippen LogP contribution in [0.5, 0.6) is 0 Å². The summed E-state index contributed by atoms with van der Waals surface area (Å²) in [5, 5.41) is 0.304. The van der Waals surface area contributed by atoms with E-state index in [0.29, 0.717) is 37.6 Å². The molecule has 0 radical (unpaired) electrons. The third-order valence-corrected chi connectivity index (χ3v) is 17.6. The smallest absolute Gasteiger partial charge is 0.250 e. The lowest BCUT2D eigenvalue weighted by molar-refractivity contribution is -0.115. The van der Waals surface area contributed by atoms with Crippen molar-refractivity contribution in [2.24, 2.45) is 4.36 Å². The van der Waals surface area contributed by atoms with Crippen LogP contribution >= 0.6 is 0 Å². The summed E-state index contributed by atoms with van der Waals surface area (Å²) < 4.78 is 29.5. The lowest BCUT2D eigenvalue weighted by Gasteiger charge is -2.36. The molecule has 0 aliphatic rings. The van der Waals surface area contributed by atoms with Gasteiger partial charge < -0.3 is 8.85 Å². The lowest BCUT2D eigenvalue weighted by atomic mass is 10.2. The first-order valence-electron chi connectivity index (χ1n) is 10.3. The summed E-state index contributed by atoms with van der Waals surface area (Å²) in [4.78, 5) is 11.5. The molecule has 28 heavy (non-hydrogen) atoms. The summed E-state index contributed by atoms with van der Waals surface area (Å²) in [6, 6.07) is 0. The molecule has 0 rings (SSSR count). The molecule has 0 aromatic carbocycles. The average Bonchev–Trinajstić information content (AvgIpc) is 2.45. The van der Waals surface area contributed by atoms with Crippen LogP contribution in [0.3, 0.4) is 0 Å². The zero-order valence-electron chi connectivity index (χ0n) is 20.2. The van der Waals surface area contributed by atoms with Gasteiger partial charge in [-0.25, -0.2) is 4.21 Å². The first-order valence-corrected chi connectivity index (χ1v) is 18.0. The first kappa shape index (κ1) is 28.0. The zero-order valence-corrected chi connectivity index (χ0v) is 23.0. The van der Waals surface area contributed by atoms with E-state index in [-0.39, 0.29) is 16.0 Å². The highest BCUT2D eigenvalue weighted by atomic mass is 32.2. The number of amides is 1. The molecular formula is C20H45NO4SSi2. The summed E-state index contributed by atoms with van der Waals surface area (Å²) in [5.74, 6) is 0.448. The van der Waals surface area contributed by atoms with E-state index in [1.807, 2.05) is 0 Å². The molecule has 0 saturated heterocycles. The molecule has 1 amide bonds. The molecule has 0 bridgehead atoms. The normalized spacial score (nSPS) is 14.2. The molecule has 0 fully saturated rings. The largest absolute Gasteiger partial charge is 0.417 e. The van der Waals surface area contributed by atoms with Gasteiger partial charge >= 0.3 is 0 Å². The second-order valence-electron chi connectivity index (χ2n) is 10.7. The Bertz CT molecular complexity index is 585. The minimum Gasteiger partial charge on any atom is -0.417 e. The summed E-state index contributed by atoms with van der Waals surface area (Å²) in [6.45, 7) is 24.6. The van der Waals surface area contributed by atoms with Crippen LogP contribution in [0.25, 0.3) is 0 Å². The number of hydrogen-bond acceptors (Lipinski definition) is 4. The maximum atomic E-state index is 13.2. The van der Waals surface area contributed by atoms with Gasteiger partial charge in [0.15, 0.2) is 16.6 Å². The highest BCUT2D eigenvalue weighted by Crippen LogP contribution is 2.37. The zero-order chi connectivity index (χ0) is 22.4. The number of rotatable bonds is 10. The van der Waals surface area contributed by atoms with Crippen LogP contribution in [-0.4, -0.2) is 51.5 Å². The SMILES string of the molecule is CC(=O)N=S(=O)(CCCO[Si](C)(C)C(C)(C)C)CCCO[Si](C)(C)C(C)(C)C. The van der Waals surface area contributed by atoms with Crippen molar-refractivity contribution in [3.05, 3.63) is 0 Å². The van der Waals surface area contributed by atoms with E-state index in [4.69, 9.17) is 8.85 Å². The monoisotopic (exact) mass is 451 g/mol. The Kier molecular flexibility index (Phi) is 10.3. The number of carbonyl (C=O) groups is 1. The van der Waals surface area contributed by atoms with Gasteiger partial charge in [0.25, 0.3) is 5.91 Å². The van der Waals surface area contributed by atoms with Gasteiger partial charge in [0.2, 0.25) is 0 Å². The Balaban J connectivity index is 4.74. The van der Waals surface area contributed by atoms with E-state index in [1.165, 1.54) is 6.92 Å². The molecular weight excluding hydrogens is 406 g/mol. The van der Waals surface area contributed by atoms with Crippen molar-refractivity contribution in [3.63, 3.8) is 0 Å². The van der Waals surface area contributed by atoms with Crippen LogP contribution in [0.1, 0.15) is 61.3 Å². The van der Waals surface area contributed by atoms with Crippen molar-refractivity contribution < 1.29 is 17.9 Å². The van der Waals surface area contributed by atoms with Crippen molar-refractivity contribution in [1.82, 2.24) is 0 Å². The molecule has 0 spiro atoms.